The van der Waals surface area contributed by atoms with Gasteiger partial charge in [0, 0.05) is 10.2 Å². The highest BCUT2D eigenvalue weighted by Crippen LogP contribution is 1.89. The van der Waals surface area contributed by atoms with E-state index in [0.29, 0.717) is 5.57 Å². The summed E-state index contributed by atoms with van der Waals surface area (Å²) in [6.45, 7) is 4.86. The first-order valence-electron chi connectivity index (χ1n) is 2.89. The maximum absolute atomic E-state index is 10.6. The van der Waals surface area contributed by atoms with Crippen molar-refractivity contribution in [2.75, 3.05) is 6.61 Å². The van der Waals surface area contributed by atoms with Crippen LogP contribution in [-0.4, -0.2) is 24.9 Å². The van der Waals surface area contributed by atoms with Crippen LogP contribution in [0, 0.1) is 0 Å². The summed E-state index contributed by atoms with van der Waals surface area (Å²) in [6, 6.07) is 0. The number of ether oxygens (including phenoxy) is 1. The zero-order valence-corrected chi connectivity index (χ0v) is 6.16. The monoisotopic (exact) mass is 154 g/mol. The van der Waals surface area contributed by atoms with Gasteiger partial charge in [0.1, 0.15) is 0 Å². The number of rotatable bonds is 3. The van der Waals surface area contributed by atoms with Gasteiger partial charge in [-0.05, 0) is 6.92 Å². The van der Waals surface area contributed by atoms with E-state index in [2.05, 4.69) is 16.0 Å². The van der Waals surface area contributed by atoms with Crippen LogP contribution in [0.25, 0.3) is 0 Å². The van der Waals surface area contributed by atoms with E-state index < -0.39 is 5.97 Å². The lowest BCUT2D eigenvalue weighted by Gasteiger charge is -1.94. The number of hydrogen-bond acceptors (Lipinski definition) is 3. The Labute approximate surface area is 63.9 Å². The molecule has 4 heteroatoms. The van der Waals surface area contributed by atoms with E-state index in [1.54, 1.807) is 0 Å². The second kappa shape index (κ2) is 5.18. The Morgan fingerprint density at radius 3 is 2.91 bits per heavy atom. The normalized spacial score (nSPS) is 7.36. The van der Waals surface area contributed by atoms with Gasteiger partial charge in [-0.1, -0.05) is 6.58 Å². The first kappa shape index (κ1) is 9.37. The van der Waals surface area contributed by atoms with E-state index in [1.165, 1.54) is 13.0 Å². The summed E-state index contributed by atoms with van der Waals surface area (Å²) in [5.41, 5.74) is 0.313. The van der Waals surface area contributed by atoms with Crippen molar-refractivity contribution in [3.63, 3.8) is 0 Å². The van der Waals surface area contributed by atoms with Crippen LogP contribution in [0.5, 0.6) is 0 Å². The summed E-state index contributed by atoms with van der Waals surface area (Å²) in [7, 11) is 0. The minimum absolute atomic E-state index is 0.0269. The number of esters is 1. The molecule has 0 aliphatic heterocycles. The highest BCUT2D eigenvalue weighted by atomic mass is 16.5. The first-order valence-corrected chi connectivity index (χ1v) is 2.89. The summed E-state index contributed by atoms with van der Waals surface area (Å²) in [5.74, 6) is -0.498. The molecule has 0 aromatic carbocycles. The second-order valence-corrected chi connectivity index (χ2v) is 1.78. The van der Waals surface area contributed by atoms with Crippen molar-refractivity contribution in [2.24, 2.45) is 0 Å². The molecule has 0 atom stereocenters. The highest BCUT2D eigenvalue weighted by molar-refractivity contribution is 5.87. The molecule has 0 heterocycles. The highest BCUT2D eigenvalue weighted by Gasteiger charge is 2.01. The Balaban J connectivity index is 3.72. The molecule has 0 rings (SSSR count). The molecule has 0 aliphatic carbocycles. The average Bonchev–Trinajstić information content (AvgIpc) is 1.97. The van der Waals surface area contributed by atoms with Gasteiger partial charge in [0.15, 0.2) is 6.61 Å². The second-order valence-electron chi connectivity index (χ2n) is 1.78. The molecule has 0 aromatic rings. The smallest absolute Gasteiger partial charge is 0.450 e. The molecule has 0 amide bonds. The fourth-order valence-electron chi connectivity index (χ4n) is 0.311. The van der Waals surface area contributed by atoms with E-state index in [4.69, 9.17) is 0 Å². The molecule has 0 saturated heterocycles. The minimum atomic E-state index is -0.498. The van der Waals surface area contributed by atoms with Crippen LogP contribution in [0.3, 0.4) is 0 Å². The first-order chi connectivity index (χ1) is 5.18. The van der Waals surface area contributed by atoms with Gasteiger partial charge in [-0.2, -0.15) is 0 Å². The third-order valence-corrected chi connectivity index (χ3v) is 0.781. The Morgan fingerprint density at radius 1 is 1.82 bits per heavy atom. The maximum Gasteiger partial charge on any atom is 0.567 e. The number of nitrogens with zero attached hydrogens (tertiary/aromatic N) is 1. The molecule has 4 nitrogen and oxygen atoms in total. The van der Waals surface area contributed by atoms with Crippen LogP contribution in [-0.2, 0) is 14.3 Å². The number of hydrogen-bond donors (Lipinski definition) is 0. The van der Waals surface area contributed by atoms with E-state index in [-0.39, 0.29) is 6.61 Å². The van der Waals surface area contributed by atoms with E-state index in [1.807, 2.05) is 0 Å². The fraction of sp³-hybridized carbons (Fsp3) is 0.286. The molecular weight excluding hydrogens is 146 g/mol. The molecule has 58 valence electrons. The molecule has 0 N–H and O–H groups in total. The largest absolute Gasteiger partial charge is 0.567 e. The zero-order valence-electron chi connectivity index (χ0n) is 6.16. The van der Waals surface area contributed by atoms with Gasteiger partial charge in [-0.25, -0.2) is 4.79 Å². The van der Waals surface area contributed by atoms with Crippen LogP contribution in [0.15, 0.2) is 12.2 Å². The van der Waals surface area contributed by atoms with Crippen molar-refractivity contribution in [1.29, 1.82) is 0 Å². The van der Waals surface area contributed by atoms with Crippen LogP contribution in [0.4, 0.5) is 0 Å². The zero-order chi connectivity index (χ0) is 8.69. The Morgan fingerprint density at radius 2 is 2.45 bits per heavy atom. The lowest BCUT2D eigenvalue weighted by Crippen LogP contribution is -2.07. The maximum atomic E-state index is 10.6. The third-order valence-electron chi connectivity index (χ3n) is 0.781. The summed E-state index contributed by atoms with van der Waals surface area (Å²) in [5, 5.41) is 0. The van der Waals surface area contributed by atoms with Gasteiger partial charge in [0.25, 0.3) is 0 Å². The molecule has 0 fully saturated rings. The summed E-state index contributed by atoms with van der Waals surface area (Å²) < 4.78 is 7.60. The predicted molar refractivity (Wildman–Crippen MR) is 39.7 cm³/mol. The molecule has 0 radical (unpaired) electrons. The molecular formula is C7H8NO3+. The van der Waals surface area contributed by atoms with Crippen molar-refractivity contribution >= 4 is 18.3 Å². The quantitative estimate of drug-likeness (QED) is 0.182. The van der Waals surface area contributed by atoms with Crippen LogP contribution < -0.4 is 4.67 Å². The van der Waals surface area contributed by atoms with Crippen molar-refractivity contribution < 1.29 is 14.3 Å². The van der Waals surface area contributed by atoms with Crippen LogP contribution in [0.2, 0.25) is 0 Å². The summed E-state index contributed by atoms with van der Waals surface area (Å²) in [4.78, 5) is 20.1. The molecule has 0 bridgehead atoms. The van der Waals surface area contributed by atoms with Crippen molar-refractivity contribution in [3.8, 4) is 0 Å². The Kier molecular flexibility index (Phi) is 4.41. The predicted octanol–water partition coefficient (Wildman–Crippen LogP) is -0.421. The molecule has 0 unspecified atom stereocenters. The van der Waals surface area contributed by atoms with Crippen molar-refractivity contribution in [1.82, 2.24) is 4.67 Å². The molecule has 0 aromatic heterocycles. The molecule has 0 aliphatic rings. The van der Waals surface area contributed by atoms with E-state index >= 15 is 0 Å². The standard InChI is InChI=1S/C7H8NO3/c1-6(2)7(10)11-4-3-8-5-9/h3H,1,4H2,2H3/q+1. The molecule has 11 heavy (non-hydrogen) atoms. The third kappa shape index (κ3) is 4.85. The minimum Gasteiger partial charge on any atom is -0.450 e. The van der Waals surface area contributed by atoms with E-state index in [0.717, 1.165) is 6.21 Å². The van der Waals surface area contributed by atoms with Gasteiger partial charge in [-0.15, -0.1) is 4.79 Å². The molecule has 0 spiro atoms. The summed E-state index contributed by atoms with van der Waals surface area (Å²) >= 11 is 0. The SMILES string of the molecule is C=C(C)C(=O)OCC=[N+]=C=O. The lowest BCUT2D eigenvalue weighted by molar-refractivity contribution is -0.137. The topological polar surface area (TPSA) is 57.5 Å². The Bertz CT molecular complexity index is 244. The summed E-state index contributed by atoms with van der Waals surface area (Å²) in [6.07, 6.45) is 2.42. The Hall–Kier alpha value is -1.63. The van der Waals surface area contributed by atoms with Gasteiger partial charge < -0.3 is 4.74 Å². The molecule has 0 saturated carbocycles. The lowest BCUT2D eigenvalue weighted by atomic mass is 10.4. The number of carbonyl (C=O) groups excluding carboxylic acids is 2. The van der Waals surface area contributed by atoms with Gasteiger partial charge >= 0.3 is 18.3 Å². The van der Waals surface area contributed by atoms with Crippen LogP contribution >= 0.6 is 0 Å². The van der Waals surface area contributed by atoms with Gasteiger partial charge in [0.05, 0.1) is 0 Å². The number of carbonyl (C=O) groups is 1. The van der Waals surface area contributed by atoms with Gasteiger partial charge in [0.2, 0.25) is 0 Å². The van der Waals surface area contributed by atoms with Crippen molar-refractivity contribution in [2.45, 2.75) is 6.92 Å². The van der Waals surface area contributed by atoms with Crippen LogP contribution in [0.1, 0.15) is 6.92 Å². The average molecular weight is 154 g/mol. The van der Waals surface area contributed by atoms with E-state index in [9.17, 15) is 9.59 Å². The number of isocyanates is 1. The fourth-order valence-corrected chi connectivity index (χ4v) is 0.311. The van der Waals surface area contributed by atoms with Crippen molar-refractivity contribution in [3.05, 3.63) is 12.2 Å². The van der Waals surface area contributed by atoms with Gasteiger partial charge in [-0.3, -0.25) is 0 Å².